The lowest BCUT2D eigenvalue weighted by Crippen LogP contribution is -2.56. The maximum Gasteiger partial charge on any atom is 0.0723 e. The van der Waals surface area contributed by atoms with E-state index in [9.17, 15) is 5.11 Å². The zero-order chi connectivity index (χ0) is 7.19. The van der Waals surface area contributed by atoms with Crippen LogP contribution in [0.1, 0.15) is 13.3 Å². The Balaban J connectivity index is 2.16. The van der Waals surface area contributed by atoms with Gasteiger partial charge < -0.3 is 15.7 Å². The third-order valence-electron chi connectivity index (χ3n) is 2.54. The number of nitrogens with one attached hydrogen (secondary N) is 2. The molecule has 3 heteroatoms. The van der Waals surface area contributed by atoms with E-state index in [1.165, 1.54) is 0 Å². The molecule has 0 aliphatic carbocycles. The van der Waals surface area contributed by atoms with Crippen LogP contribution in [0.15, 0.2) is 0 Å². The van der Waals surface area contributed by atoms with E-state index in [0.29, 0.717) is 6.04 Å². The summed E-state index contributed by atoms with van der Waals surface area (Å²) in [5.41, 5.74) is 0.155. The molecule has 2 heterocycles. The van der Waals surface area contributed by atoms with Crippen molar-refractivity contribution in [3.05, 3.63) is 0 Å². The topological polar surface area (TPSA) is 44.3 Å². The Morgan fingerprint density at radius 2 is 2.40 bits per heavy atom. The summed E-state index contributed by atoms with van der Waals surface area (Å²) in [4.78, 5) is 0. The number of rotatable bonds is 0. The fourth-order valence-electron chi connectivity index (χ4n) is 2.02. The Labute approximate surface area is 60.8 Å². The zero-order valence-electron chi connectivity index (χ0n) is 6.22. The molecular weight excluding hydrogens is 128 g/mol. The van der Waals surface area contributed by atoms with Crippen molar-refractivity contribution in [2.24, 2.45) is 0 Å². The summed E-state index contributed by atoms with van der Waals surface area (Å²) in [5.74, 6) is 0. The predicted octanol–water partition coefficient (Wildman–Crippen LogP) is -0.929. The van der Waals surface area contributed by atoms with E-state index in [1.54, 1.807) is 0 Å². The smallest absolute Gasteiger partial charge is 0.0723 e. The zero-order valence-corrected chi connectivity index (χ0v) is 6.22. The average molecular weight is 142 g/mol. The summed E-state index contributed by atoms with van der Waals surface area (Å²) in [6.07, 6.45) is 0.755. The van der Waals surface area contributed by atoms with Crippen molar-refractivity contribution in [2.45, 2.75) is 31.0 Å². The maximum absolute atomic E-state index is 9.46. The van der Waals surface area contributed by atoms with Gasteiger partial charge in [-0.15, -0.1) is 0 Å². The third kappa shape index (κ3) is 0.856. The molecule has 0 amide bonds. The number of aliphatic hydroxyl groups is 1. The van der Waals surface area contributed by atoms with E-state index in [4.69, 9.17) is 0 Å². The van der Waals surface area contributed by atoms with Gasteiger partial charge in [0.15, 0.2) is 0 Å². The highest BCUT2D eigenvalue weighted by atomic mass is 16.3. The molecule has 2 aliphatic heterocycles. The SMILES string of the molecule is CC12CNCC(N1)C(O)C2. The van der Waals surface area contributed by atoms with Crippen LogP contribution in [0.2, 0.25) is 0 Å². The number of piperazine rings is 1. The molecule has 3 nitrogen and oxygen atoms in total. The normalized spacial score (nSPS) is 53.4. The number of fused-ring (bicyclic) bond motifs is 2. The second-order valence-corrected chi connectivity index (χ2v) is 3.71. The molecular formula is C7H14N2O. The molecule has 0 aromatic rings. The summed E-state index contributed by atoms with van der Waals surface area (Å²) in [6.45, 7) is 4.06. The second kappa shape index (κ2) is 1.94. The Hall–Kier alpha value is -0.120. The molecule has 0 aromatic carbocycles. The monoisotopic (exact) mass is 142 g/mol. The Kier molecular flexibility index (Phi) is 1.27. The van der Waals surface area contributed by atoms with Gasteiger partial charge in [0, 0.05) is 24.7 Å². The van der Waals surface area contributed by atoms with E-state index in [2.05, 4.69) is 17.6 Å². The van der Waals surface area contributed by atoms with Gasteiger partial charge in [0.1, 0.15) is 0 Å². The average Bonchev–Trinajstić information content (AvgIpc) is 2.03. The summed E-state index contributed by atoms with van der Waals surface area (Å²) in [6, 6.07) is 0.291. The van der Waals surface area contributed by atoms with Gasteiger partial charge in [0.05, 0.1) is 6.10 Å². The van der Waals surface area contributed by atoms with E-state index in [1.807, 2.05) is 0 Å². The van der Waals surface area contributed by atoms with Crippen LogP contribution in [0.3, 0.4) is 0 Å². The highest BCUT2D eigenvalue weighted by Crippen LogP contribution is 2.25. The molecule has 3 unspecified atom stereocenters. The molecule has 0 spiro atoms. The van der Waals surface area contributed by atoms with Crippen LogP contribution in [-0.2, 0) is 0 Å². The van der Waals surface area contributed by atoms with Crippen LogP contribution in [0, 0.1) is 0 Å². The minimum atomic E-state index is -0.139. The van der Waals surface area contributed by atoms with Crippen LogP contribution >= 0.6 is 0 Å². The van der Waals surface area contributed by atoms with E-state index in [-0.39, 0.29) is 11.6 Å². The van der Waals surface area contributed by atoms with Crippen molar-refractivity contribution in [3.63, 3.8) is 0 Å². The quantitative estimate of drug-likeness (QED) is 0.409. The second-order valence-electron chi connectivity index (χ2n) is 3.71. The lowest BCUT2D eigenvalue weighted by molar-refractivity contribution is 0.160. The minimum Gasteiger partial charge on any atom is -0.391 e. The van der Waals surface area contributed by atoms with Gasteiger partial charge in [-0.1, -0.05) is 0 Å². The molecule has 10 heavy (non-hydrogen) atoms. The molecule has 2 bridgehead atoms. The standard InChI is InChI=1S/C7H14N2O/c1-7-2-6(10)5(9-7)3-8-4-7/h5-6,8-10H,2-4H2,1H3. The molecule has 0 aromatic heterocycles. The lowest BCUT2D eigenvalue weighted by Gasteiger charge is -2.30. The number of hydrogen-bond donors (Lipinski definition) is 3. The summed E-state index contributed by atoms with van der Waals surface area (Å²) >= 11 is 0. The highest BCUT2D eigenvalue weighted by Gasteiger charge is 2.43. The lowest BCUT2D eigenvalue weighted by atomic mass is 10.0. The minimum absolute atomic E-state index is 0.139. The molecule has 3 N–H and O–H groups in total. The summed E-state index contributed by atoms with van der Waals surface area (Å²) < 4.78 is 0. The molecule has 58 valence electrons. The fraction of sp³-hybridized carbons (Fsp3) is 1.00. The number of hydrogen-bond acceptors (Lipinski definition) is 3. The van der Waals surface area contributed by atoms with E-state index < -0.39 is 0 Å². The highest BCUT2D eigenvalue weighted by molar-refractivity contribution is 5.05. The molecule has 2 saturated heterocycles. The van der Waals surface area contributed by atoms with Crippen molar-refractivity contribution < 1.29 is 5.11 Å². The van der Waals surface area contributed by atoms with Gasteiger partial charge in [0.2, 0.25) is 0 Å². The molecule has 0 saturated carbocycles. The van der Waals surface area contributed by atoms with Gasteiger partial charge >= 0.3 is 0 Å². The number of aliphatic hydroxyl groups excluding tert-OH is 1. The van der Waals surface area contributed by atoms with E-state index in [0.717, 1.165) is 19.5 Å². The Morgan fingerprint density at radius 1 is 1.60 bits per heavy atom. The van der Waals surface area contributed by atoms with Crippen molar-refractivity contribution in [3.8, 4) is 0 Å². The third-order valence-corrected chi connectivity index (χ3v) is 2.54. The van der Waals surface area contributed by atoms with E-state index >= 15 is 0 Å². The maximum atomic E-state index is 9.46. The van der Waals surface area contributed by atoms with Gasteiger partial charge in [-0.05, 0) is 13.3 Å². The van der Waals surface area contributed by atoms with Crippen molar-refractivity contribution >= 4 is 0 Å². The molecule has 2 fully saturated rings. The van der Waals surface area contributed by atoms with Crippen molar-refractivity contribution in [1.29, 1.82) is 0 Å². The summed E-state index contributed by atoms with van der Waals surface area (Å²) in [5, 5.41) is 16.2. The first kappa shape index (κ1) is 6.58. The van der Waals surface area contributed by atoms with Crippen LogP contribution in [0.25, 0.3) is 0 Å². The van der Waals surface area contributed by atoms with Crippen molar-refractivity contribution in [2.75, 3.05) is 13.1 Å². The first-order valence-electron chi connectivity index (χ1n) is 3.86. The van der Waals surface area contributed by atoms with Gasteiger partial charge in [-0.25, -0.2) is 0 Å². The fourth-order valence-corrected chi connectivity index (χ4v) is 2.02. The first-order valence-corrected chi connectivity index (χ1v) is 3.86. The van der Waals surface area contributed by atoms with Crippen LogP contribution < -0.4 is 10.6 Å². The van der Waals surface area contributed by atoms with Crippen LogP contribution in [0.5, 0.6) is 0 Å². The molecule has 2 rings (SSSR count). The predicted molar refractivity (Wildman–Crippen MR) is 38.8 cm³/mol. The first-order chi connectivity index (χ1) is 4.70. The van der Waals surface area contributed by atoms with Gasteiger partial charge in [-0.3, -0.25) is 0 Å². The van der Waals surface area contributed by atoms with Gasteiger partial charge in [-0.2, -0.15) is 0 Å². The van der Waals surface area contributed by atoms with Crippen molar-refractivity contribution in [1.82, 2.24) is 10.6 Å². The van der Waals surface area contributed by atoms with Crippen LogP contribution in [-0.4, -0.2) is 35.9 Å². The molecule has 0 radical (unpaired) electrons. The van der Waals surface area contributed by atoms with Crippen LogP contribution in [0.4, 0.5) is 0 Å². The summed E-state index contributed by atoms with van der Waals surface area (Å²) in [7, 11) is 0. The Morgan fingerprint density at radius 3 is 3.00 bits per heavy atom. The molecule has 2 aliphatic rings. The Bertz CT molecular complexity index is 147. The largest absolute Gasteiger partial charge is 0.391 e. The molecule has 3 atom stereocenters. The van der Waals surface area contributed by atoms with Gasteiger partial charge in [0.25, 0.3) is 0 Å².